The molecular formula is C13H14O4. The molecule has 1 atom stereocenters. The average molecular weight is 234 g/mol. The number of carbonyl (C=O) groups excluding carboxylic acids is 2. The van der Waals surface area contributed by atoms with E-state index in [9.17, 15) is 9.59 Å². The van der Waals surface area contributed by atoms with Crippen molar-refractivity contribution >= 4 is 11.8 Å². The van der Waals surface area contributed by atoms with Crippen LogP contribution in [0.5, 0.6) is 0 Å². The van der Waals surface area contributed by atoms with Crippen LogP contribution < -0.4 is 0 Å². The molecule has 1 saturated heterocycles. The van der Waals surface area contributed by atoms with Crippen LogP contribution in [0.25, 0.3) is 0 Å². The van der Waals surface area contributed by atoms with E-state index in [1.54, 1.807) is 31.2 Å². The molecule has 0 radical (unpaired) electrons. The van der Waals surface area contributed by atoms with Gasteiger partial charge in [-0.1, -0.05) is 18.2 Å². The Morgan fingerprint density at radius 3 is 2.71 bits per heavy atom. The van der Waals surface area contributed by atoms with E-state index >= 15 is 0 Å². The van der Waals surface area contributed by atoms with Gasteiger partial charge in [-0.25, -0.2) is 4.79 Å². The molecule has 4 heteroatoms. The monoisotopic (exact) mass is 234 g/mol. The fourth-order valence-corrected chi connectivity index (χ4v) is 1.74. The third-order valence-electron chi connectivity index (χ3n) is 2.67. The Balaban J connectivity index is 1.91. The highest BCUT2D eigenvalue weighted by Crippen LogP contribution is 2.23. The molecule has 2 rings (SSSR count). The molecule has 90 valence electrons. The first-order valence-corrected chi connectivity index (χ1v) is 5.47. The minimum Gasteiger partial charge on any atom is -0.459 e. The molecule has 1 aromatic rings. The summed E-state index contributed by atoms with van der Waals surface area (Å²) in [6.45, 7) is 1.99. The van der Waals surface area contributed by atoms with Crippen LogP contribution in [0.3, 0.4) is 0 Å². The van der Waals surface area contributed by atoms with Crippen LogP contribution in [0, 0.1) is 0 Å². The molecule has 0 aliphatic carbocycles. The molecule has 1 aromatic carbocycles. The van der Waals surface area contributed by atoms with Gasteiger partial charge in [0.15, 0.2) is 5.78 Å². The van der Waals surface area contributed by atoms with Gasteiger partial charge in [0.1, 0.15) is 18.8 Å². The molecule has 1 heterocycles. The van der Waals surface area contributed by atoms with Gasteiger partial charge in [0.2, 0.25) is 0 Å². The second-order valence-corrected chi connectivity index (χ2v) is 4.40. The quantitative estimate of drug-likeness (QED) is 0.745. The maximum absolute atomic E-state index is 11.7. The van der Waals surface area contributed by atoms with E-state index in [1.165, 1.54) is 0 Å². The summed E-state index contributed by atoms with van der Waals surface area (Å²) < 4.78 is 10.5. The van der Waals surface area contributed by atoms with Crippen molar-refractivity contribution in [3.8, 4) is 0 Å². The van der Waals surface area contributed by atoms with Crippen LogP contribution in [0.1, 0.15) is 23.7 Å². The average Bonchev–Trinajstić information content (AvgIpc) is 2.68. The van der Waals surface area contributed by atoms with Crippen LogP contribution in [-0.4, -0.2) is 30.6 Å². The standard InChI is InChI=1S/C13H14O4/c1-13(7-11(14)8-17-13)9-16-12(15)10-5-3-2-4-6-10/h2-6H,7-9H2,1H3/t13-/m1/s1. The Hall–Kier alpha value is -1.68. The molecule has 0 spiro atoms. The zero-order chi connectivity index (χ0) is 12.3. The summed E-state index contributed by atoms with van der Waals surface area (Å²) in [4.78, 5) is 22.8. The van der Waals surface area contributed by atoms with Crippen molar-refractivity contribution in [1.82, 2.24) is 0 Å². The fraction of sp³-hybridized carbons (Fsp3) is 0.385. The number of carbonyl (C=O) groups is 2. The van der Waals surface area contributed by atoms with Crippen molar-refractivity contribution < 1.29 is 19.1 Å². The number of esters is 1. The van der Waals surface area contributed by atoms with Gasteiger partial charge in [-0.3, -0.25) is 4.79 Å². The fourth-order valence-electron chi connectivity index (χ4n) is 1.74. The summed E-state index contributed by atoms with van der Waals surface area (Å²) in [6.07, 6.45) is 0.301. The Kier molecular flexibility index (Phi) is 3.24. The van der Waals surface area contributed by atoms with Crippen molar-refractivity contribution in [3.05, 3.63) is 35.9 Å². The summed E-state index contributed by atoms with van der Waals surface area (Å²) in [5.41, 5.74) is -0.165. The normalized spacial score (nSPS) is 23.7. The van der Waals surface area contributed by atoms with Crippen LogP contribution in [0.15, 0.2) is 30.3 Å². The highest BCUT2D eigenvalue weighted by molar-refractivity contribution is 5.89. The minimum atomic E-state index is -0.665. The van der Waals surface area contributed by atoms with E-state index in [0.29, 0.717) is 12.0 Å². The zero-order valence-corrected chi connectivity index (χ0v) is 9.64. The highest BCUT2D eigenvalue weighted by Gasteiger charge is 2.36. The van der Waals surface area contributed by atoms with Gasteiger partial charge in [0.25, 0.3) is 0 Å². The molecule has 0 saturated carbocycles. The van der Waals surface area contributed by atoms with Gasteiger partial charge in [-0.2, -0.15) is 0 Å². The van der Waals surface area contributed by atoms with E-state index in [1.807, 2.05) is 6.07 Å². The number of Topliss-reactive ketones (excluding diaryl/α,β-unsaturated/α-hetero) is 1. The molecule has 0 unspecified atom stereocenters. The first-order valence-electron chi connectivity index (χ1n) is 5.47. The van der Waals surface area contributed by atoms with Gasteiger partial charge in [-0.05, 0) is 19.1 Å². The van der Waals surface area contributed by atoms with E-state index in [4.69, 9.17) is 9.47 Å². The SMILES string of the molecule is C[C@]1(COC(=O)c2ccccc2)CC(=O)CO1. The molecular weight excluding hydrogens is 220 g/mol. The van der Waals surface area contributed by atoms with Crippen molar-refractivity contribution in [2.24, 2.45) is 0 Å². The van der Waals surface area contributed by atoms with Crippen molar-refractivity contribution in [3.63, 3.8) is 0 Å². The summed E-state index contributed by atoms with van der Waals surface area (Å²) >= 11 is 0. The Bertz CT molecular complexity index is 426. The molecule has 1 fully saturated rings. The Labute approximate surface area is 99.5 Å². The second kappa shape index (κ2) is 4.67. The summed E-state index contributed by atoms with van der Waals surface area (Å²) in [5.74, 6) is -0.349. The summed E-state index contributed by atoms with van der Waals surface area (Å²) in [6, 6.07) is 8.75. The zero-order valence-electron chi connectivity index (χ0n) is 9.64. The van der Waals surface area contributed by atoms with E-state index in [2.05, 4.69) is 0 Å². The van der Waals surface area contributed by atoms with Crippen LogP contribution >= 0.6 is 0 Å². The molecule has 17 heavy (non-hydrogen) atoms. The van der Waals surface area contributed by atoms with Gasteiger partial charge in [0.05, 0.1) is 5.56 Å². The van der Waals surface area contributed by atoms with Crippen molar-refractivity contribution in [2.75, 3.05) is 13.2 Å². The first kappa shape index (κ1) is 11.8. The minimum absolute atomic E-state index is 0.0447. The molecule has 0 amide bonds. The number of ether oxygens (including phenoxy) is 2. The van der Waals surface area contributed by atoms with Gasteiger partial charge < -0.3 is 9.47 Å². The highest BCUT2D eigenvalue weighted by atomic mass is 16.6. The summed E-state index contributed by atoms with van der Waals surface area (Å²) in [5, 5.41) is 0. The number of ketones is 1. The van der Waals surface area contributed by atoms with Crippen molar-refractivity contribution in [1.29, 1.82) is 0 Å². The van der Waals surface area contributed by atoms with Crippen molar-refractivity contribution in [2.45, 2.75) is 18.9 Å². The lowest BCUT2D eigenvalue weighted by Crippen LogP contribution is -2.31. The third kappa shape index (κ3) is 2.91. The predicted octanol–water partition coefficient (Wildman–Crippen LogP) is 1.59. The Morgan fingerprint density at radius 1 is 1.41 bits per heavy atom. The van der Waals surface area contributed by atoms with E-state index in [-0.39, 0.29) is 19.0 Å². The predicted molar refractivity (Wildman–Crippen MR) is 60.7 cm³/mol. The maximum Gasteiger partial charge on any atom is 0.338 e. The lowest BCUT2D eigenvalue weighted by Gasteiger charge is -2.21. The topological polar surface area (TPSA) is 52.6 Å². The molecule has 4 nitrogen and oxygen atoms in total. The molecule has 0 N–H and O–H groups in total. The summed E-state index contributed by atoms with van der Waals surface area (Å²) in [7, 11) is 0. The smallest absolute Gasteiger partial charge is 0.338 e. The molecule has 1 aliphatic heterocycles. The van der Waals surface area contributed by atoms with Gasteiger partial charge in [0, 0.05) is 6.42 Å². The molecule has 0 bridgehead atoms. The number of rotatable bonds is 3. The number of hydrogen-bond acceptors (Lipinski definition) is 4. The Morgan fingerprint density at radius 2 is 2.12 bits per heavy atom. The first-order chi connectivity index (χ1) is 8.09. The van der Waals surface area contributed by atoms with Gasteiger partial charge >= 0.3 is 5.97 Å². The van der Waals surface area contributed by atoms with Crippen LogP contribution in [0.4, 0.5) is 0 Å². The number of hydrogen-bond donors (Lipinski definition) is 0. The van der Waals surface area contributed by atoms with Gasteiger partial charge in [-0.15, -0.1) is 0 Å². The lowest BCUT2D eigenvalue weighted by atomic mass is 10.0. The second-order valence-electron chi connectivity index (χ2n) is 4.40. The maximum atomic E-state index is 11.7. The van der Waals surface area contributed by atoms with Crippen LogP contribution in [-0.2, 0) is 14.3 Å². The third-order valence-corrected chi connectivity index (χ3v) is 2.67. The largest absolute Gasteiger partial charge is 0.459 e. The van der Waals surface area contributed by atoms with E-state index in [0.717, 1.165) is 0 Å². The molecule has 0 aromatic heterocycles. The lowest BCUT2D eigenvalue weighted by molar-refractivity contribution is -0.117. The van der Waals surface area contributed by atoms with Crippen LogP contribution in [0.2, 0.25) is 0 Å². The van der Waals surface area contributed by atoms with E-state index < -0.39 is 11.6 Å². The molecule has 1 aliphatic rings. The number of benzene rings is 1.